The van der Waals surface area contributed by atoms with Crippen LogP contribution in [0.4, 0.5) is 0 Å². The van der Waals surface area contributed by atoms with Gasteiger partial charge in [0.05, 0.1) is 54.4 Å². The molecule has 0 radical (unpaired) electrons. The predicted molar refractivity (Wildman–Crippen MR) is 87.4 cm³/mol. The first-order valence-corrected chi connectivity index (χ1v) is 8.47. The fraction of sp³-hybridized carbons (Fsp3) is 1.00. The molecule has 0 unspecified atom stereocenters. The highest BCUT2D eigenvalue weighted by molar-refractivity contribution is 4.45. The maximum atomic E-state index is 2.39. The Kier molecular flexibility index (Phi) is 17.7. The second-order valence-electron chi connectivity index (χ2n) is 7.53. The average Bonchev–Trinajstić information content (AvgIpc) is 2.31. The van der Waals surface area contributed by atoms with E-state index >= 15 is 0 Å². The van der Waals surface area contributed by atoms with Crippen LogP contribution in [0.1, 0.15) is 58.8 Å². The summed E-state index contributed by atoms with van der Waals surface area (Å²) in [5.41, 5.74) is 0. The van der Waals surface area contributed by atoms with Gasteiger partial charge in [-0.3, -0.25) is 0 Å². The van der Waals surface area contributed by atoms with Crippen LogP contribution < -0.4 is 24.8 Å². The fourth-order valence-electron chi connectivity index (χ4n) is 2.85. The largest absolute Gasteiger partial charge is 1.00 e. The van der Waals surface area contributed by atoms with Crippen LogP contribution in [0.15, 0.2) is 0 Å². The van der Waals surface area contributed by atoms with Gasteiger partial charge in [0.2, 0.25) is 0 Å². The van der Waals surface area contributed by atoms with Crippen LogP contribution in [-0.4, -0.2) is 63.3 Å². The minimum atomic E-state index is 0. The molecule has 0 aromatic carbocycles. The molecule has 0 spiro atoms. The number of hydrogen-bond donors (Lipinski definition) is 0. The molecule has 21 heavy (non-hydrogen) atoms. The van der Waals surface area contributed by atoms with E-state index in [0.29, 0.717) is 0 Å². The zero-order valence-electron chi connectivity index (χ0n) is 15.4. The van der Waals surface area contributed by atoms with Gasteiger partial charge in [-0.1, -0.05) is 20.3 Å². The highest BCUT2D eigenvalue weighted by atomic mass is 35.5. The molecule has 0 saturated carbocycles. The molecule has 0 amide bonds. The van der Waals surface area contributed by atoms with Crippen molar-refractivity contribution in [1.29, 1.82) is 0 Å². The molecule has 2 nitrogen and oxygen atoms in total. The molecule has 0 fully saturated rings. The molecule has 0 rings (SSSR count). The van der Waals surface area contributed by atoms with E-state index in [2.05, 4.69) is 42.0 Å². The summed E-state index contributed by atoms with van der Waals surface area (Å²) in [7, 11) is 9.51. The predicted octanol–water partition coefficient (Wildman–Crippen LogP) is -2.08. The highest BCUT2D eigenvalue weighted by Crippen LogP contribution is 2.09. The Balaban J connectivity index is -0.00000162. The molecule has 0 aromatic heterocycles. The van der Waals surface area contributed by atoms with Crippen molar-refractivity contribution >= 4 is 0 Å². The van der Waals surface area contributed by atoms with Crippen molar-refractivity contribution in [1.82, 2.24) is 0 Å². The summed E-state index contributed by atoms with van der Waals surface area (Å²) in [5.74, 6) is 0. The number of hydrogen-bond acceptors (Lipinski definition) is 0. The molecule has 0 bridgehead atoms. The number of quaternary nitrogens is 2. The second kappa shape index (κ2) is 14.1. The normalized spacial score (nSPS) is 11.7. The molecule has 0 saturated heterocycles. The Labute approximate surface area is 147 Å². The summed E-state index contributed by atoms with van der Waals surface area (Å²) in [5, 5.41) is 0. The monoisotopic (exact) mass is 342 g/mol. The fourth-order valence-corrected chi connectivity index (χ4v) is 2.85. The van der Waals surface area contributed by atoms with E-state index in [1.807, 2.05) is 0 Å². The van der Waals surface area contributed by atoms with Crippen molar-refractivity contribution in [3.63, 3.8) is 0 Å². The van der Waals surface area contributed by atoms with Gasteiger partial charge in [0.25, 0.3) is 0 Å². The third-order valence-corrected chi connectivity index (χ3v) is 4.22. The van der Waals surface area contributed by atoms with Crippen molar-refractivity contribution in [2.75, 3.05) is 54.4 Å². The standard InChI is InChI=1S/C17H40N2.2ClH/c1-7-9-15-19(5,6)17-13-11-10-12-16-18(3,4)14-8-2;;/h7-17H2,1-6H3;2*1H/q+2;;/p-2. The molecule has 0 atom stereocenters. The number of rotatable bonds is 12. The lowest BCUT2D eigenvalue weighted by molar-refractivity contribution is -0.891. The first kappa shape index (κ1) is 26.4. The Morgan fingerprint density at radius 3 is 1.24 bits per heavy atom. The second-order valence-corrected chi connectivity index (χ2v) is 7.53. The van der Waals surface area contributed by atoms with Crippen molar-refractivity contribution < 1.29 is 33.8 Å². The van der Waals surface area contributed by atoms with E-state index < -0.39 is 0 Å². The quantitative estimate of drug-likeness (QED) is 0.282. The zero-order chi connectivity index (χ0) is 14.8. The maximum Gasteiger partial charge on any atom is 0.0782 e. The Morgan fingerprint density at radius 2 is 0.857 bits per heavy atom. The molecule has 0 aliphatic rings. The van der Waals surface area contributed by atoms with Gasteiger partial charge < -0.3 is 33.8 Å². The SMILES string of the molecule is CCCC[N+](C)(C)CCCCCC[N+](C)(C)CCC.[Cl-].[Cl-]. The summed E-state index contributed by atoms with van der Waals surface area (Å²) in [4.78, 5) is 0. The van der Waals surface area contributed by atoms with Gasteiger partial charge in [-0.25, -0.2) is 0 Å². The molecule has 0 aliphatic carbocycles. The van der Waals surface area contributed by atoms with E-state index in [1.165, 1.54) is 80.1 Å². The van der Waals surface area contributed by atoms with Crippen molar-refractivity contribution in [2.24, 2.45) is 0 Å². The van der Waals surface area contributed by atoms with Gasteiger partial charge in [-0.05, 0) is 38.5 Å². The van der Waals surface area contributed by atoms with E-state index in [4.69, 9.17) is 0 Å². The van der Waals surface area contributed by atoms with Crippen LogP contribution in [0.25, 0.3) is 0 Å². The smallest absolute Gasteiger partial charge is 0.0782 e. The van der Waals surface area contributed by atoms with E-state index in [9.17, 15) is 0 Å². The minimum Gasteiger partial charge on any atom is -1.00 e. The molecule has 0 aliphatic heterocycles. The topological polar surface area (TPSA) is 0 Å². The van der Waals surface area contributed by atoms with Gasteiger partial charge in [-0.2, -0.15) is 0 Å². The summed E-state index contributed by atoms with van der Waals surface area (Å²) in [6.45, 7) is 9.94. The van der Waals surface area contributed by atoms with Crippen molar-refractivity contribution in [2.45, 2.75) is 58.8 Å². The third-order valence-electron chi connectivity index (χ3n) is 4.22. The van der Waals surface area contributed by atoms with Crippen LogP contribution in [0.3, 0.4) is 0 Å². The number of nitrogens with zero attached hydrogens (tertiary/aromatic N) is 2. The number of halogens is 2. The molecular weight excluding hydrogens is 303 g/mol. The van der Waals surface area contributed by atoms with Gasteiger partial charge in [0.1, 0.15) is 0 Å². The van der Waals surface area contributed by atoms with E-state index in [1.54, 1.807) is 0 Å². The van der Waals surface area contributed by atoms with Crippen LogP contribution >= 0.6 is 0 Å². The van der Waals surface area contributed by atoms with Crippen LogP contribution in [0, 0.1) is 0 Å². The van der Waals surface area contributed by atoms with Gasteiger partial charge in [0.15, 0.2) is 0 Å². The van der Waals surface area contributed by atoms with Crippen LogP contribution in [0.2, 0.25) is 0 Å². The number of unbranched alkanes of at least 4 members (excludes halogenated alkanes) is 4. The minimum absolute atomic E-state index is 0. The third kappa shape index (κ3) is 16.7. The molecule has 132 valence electrons. The molecular formula is C17H40Cl2N2. The lowest BCUT2D eigenvalue weighted by atomic mass is 10.1. The van der Waals surface area contributed by atoms with Gasteiger partial charge in [0, 0.05) is 0 Å². The van der Waals surface area contributed by atoms with Crippen LogP contribution in [-0.2, 0) is 0 Å². The maximum absolute atomic E-state index is 2.39. The average molecular weight is 343 g/mol. The first-order chi connectivity index (χ1) is 8.83. The highest BCUT2D eigenvalue weighted by Gasteiger charge is 2.14. The van der Waals surface area contributed by atoms with Crippen molar-refractivity contribution in [3.8, 4) is 0 Å². The molecule has 4 heteroatoms. The van der Waals surface area contributed by atoms with Gasteiger partial charge >= 0.3 is 0 Å². The molecule has 0 N–H and O–H groups in total. The van der Waals surface area contributed by atoms with E-state index in [0.717, 1.165) is 0 Å². The summed E-state index contributed by atoms with van der Waals surface area (Å²) >= 11 is 0. The molecule has 0 heterocycles. The Morgan fingerprint density at radius 1 is 0.476 bits per heavy atom. The van der Waals surface area contributed by atoms with Crippen LogP contribution in [0.5, 0.6) is 0 Å². The zero-order valence-corrected chi connectivity index (χ0v) is 16.9. The molecule has 0 aromatic rings. The lowest BCUT2D eigenvalue weighted by Crippen LogP contribution is -3.00. The van der Waals surface area contributed by atoms with E-state index in [-0.39, 0.29) is 24.8 Å². The first-order valence-electron chi connectivity index (χ1n) is 8.47. The Bertz CT molecular complexity index is 219. The summed E-state index contributed by atoms with van der Waals surface area (Å²) < 4.78 is 2.42. The summed E-state index contributed by atoms with van der Waals surface area (Å²) in [6, 6.07) is 0. The Hall–Kier alpha value is 0.500. The summed E-state index contributed by atoms with van der Waals surface area (Å²) in [6.07, 6.45) is 9.63. The van der Waals surface area contributed by atoms with Gasteiger partial charge in [-0.15, -0.1) is 0 Å². The van der Waals surface area contributed by atoms with Crippen molar-refractivity contribution in [3.05, 3.63) is 0 Å². The lowest BCUT2D eigenvalue weighted by Gasteiger charge is -2.30.